The SMILES string of the molecule is NC(=O)[C@@H](Cc1ccc(Cl)cc1)NC(=O)C(N)Cc1cccs1. The van der Waals surface area contributed by atoms with Crippen LogP contribution in [-0.2, 0) is 22.4 Å². The molecule has 0 radical (unpaired) electrons. The lowest BCUT2D eigenvalue weighted by Crippen LogP contribution is -2.51. The normalized spacial score (nSPS) is 13.3. The molecule has 0 saturated carbocycles. The maximum atomic E-state index is 12.2. The predicted octanol–water partition coefficient (Wildman–Crippen LogP) is 1.48. The van der Waals surface area contributed by atoms with E-state index in [0.29, 0.717) is 17.9 Å². The molecule has 0 aliphatic heterocycles. The fourth-order valence-corrected chi connectivity index (χ4v) is 2.99. The molecule has 2 aromatic rings. The third-order valence-electron chi connectivity index (χ3n) is 3.35. The average molecular weight is 352 g/mol. The molecule has 2 atom stereocenters. The predicted molar refractivity (Wildman–Crippen MR) is 92.3 cm³/mol. The van der Waals surface area contributed by atoms with Gasteiger partial charge in [0, 0.05) is 22.7 Å². The maximum absolute atomic E-state index is 12.2. The highest BCUT2D eigenvalue weighted by molar-refractivity contribution is 7.09. The number of halogens is 1. The van der Waals surface area contributed by atoms with Gasteiger partial charge in [0.25, 0.3) is 0 Å². The smallest absolute Gasteiger partial charge is 0.240 e. The Bertz CT molecular complexity index is 658. The van der Waals surface area contributed by atoms with E-state index in [-0.39, 0.29) is 0 Å². The second-order valence-electron chi connectivity index (χ2n) is 5.18. The quantitative estimate of drug-likeness (QED) is 0.704. The van der Waals surface area contributed by atoms with Crippen LogP contribution in [0, 0.1) is 0 Å². The lowest BCUT2D eigenvalue weighted by molar-refractivity contribution is -0.128. The summed E-state index contributed by atoms with van der Waals surface area (Å²) in [4.78, 5) is 24.8. The molecule has 0 bridgehead atoms. The second-order valence-corrected chi connectivity index (χ2v) is 6.65. The van der Waals surface area contributed by atoms with Crippen LogP contribution in [-0.4, -0.2) is 23.9 Å². The van der Waals surface area contributed by atoms with E-state index in [0.717, 1.165) is 10.4 Å². The summed E-state index contributed by atoms with van der Waals surface area (Å²) >= 11 is 7.36. The van der Waals surface area contributed by atoms with Crippen LogP contribution in [0.4, 0.5) is 0 Å². The first kappa shape index (κ1) is 17.5. The summed E-state index contributed by atoms with van der Waals surface area (Å²) in [5, 5.41) is 5.15. The molecular formula is C16H18ClN3O2S. The molecule has 5 N–H and O–H groups in total. The molecule has 0 spiro atoms. The van der Waals surface area contributed by atoms with Gasteiger partial charge in [-0.2, -0.15) is 0 Å². The van der Waals surface area contributed by atoms with Crippen LogP contribution in [0.15, 0.2) is 41.8 Å². The summed E-state index contributed by atoms with van der Waals surface area (Å²) in [5.74, 6) is -0.993. The van der Waals surface area contributed by atoms with Crippen LogP contribution >= 0.6 is 22.9 Å². The van der Waals surface area contributed by atoms with E-state index in [1.165, 1.54) is 11.3 Å². The van der Waals surface area contributed by atoms with Gasteiger partial charge in [-0.05, 0) is 29.1 Å². The highest BCUT2D eigenvalue weighted by Gasteiger charge is 2.22. The number of rotatable bonds is 7. The van der Waals surface area contributed by atoms with Crippen LogP contribution in [0.5, 0.6) is 0 Å². The molecule has 5 nitrogen and oxygen atoms in total. The van der Waals surface area contributed by atoms with Gasteiger partial charge in [-0.1, -0.05) is 29.8 Å². The monoisotopic (exact) mass is 351 g/mol. The molecule has 1 aromatic carbocycles. The van der Waals surface area contributed by atoms with Gasteiger partial charge >= 0.3 is 0 Å². The summed E-state index contributed by atoms with van der Waals surface area (Å²) in [6.45, 7) is 0. The Morgan fingerprint density at radius 1 is 1.17 bits per heavy atom. The number of carbonyl (C=O) groups is 2. The van der Waals surface area contributed by atoms with Gasteiger partial charge in [-0.25, -0.2) is 0 Å². The Balaban J connectivity index is 1.96. The van der Waals surface area contributed by atoms with Crippen molar-refractivity contribution in [3.63, 3.8) is 0 Å². The number of benzene rings is 1. The molecule has 1 unspecified atom stereocenters. The zero-order valence-electron chi connectivity index (χ0n) is 12.4. The van der Waals surface area contributed by atoms with Crippen molar-refractivity contribution in [2.45, 2.75) is 24.9 Å². The fourth-order valence-electron chi connectivity index (χ4n) is 2.10. The van der Waals surface area contributed by atoms with Crippen molar-refractivity contribution in [3.05, 3.63) is 57.2 Å². The van der Waals surface area contributed by atoms with Crippen molar-refractivity contribution in [1.29, 1.82) is 0 Å². The third-order valence-corrected chi connectivity index (χ3v) is 4.50. The number of hydrogen-bond donors (Lipinski definition) is 3. The Hall–Kier alpha value is -1.89. The largest absolute Gasteiger partial charge is 0.368 e. The van der Waals surface area contributed by atoms with E-state index >= 15 is 0 Å². The Labute approximate surface area is 143 Å². The van der Waals surface area contributed by atoms with Gasteiger partial charge in [0.1, 0.15) is 6.04 Å². The number of primary amides is 1. The lowest BCUT2D eigenvalue weighted by atomic mass is 10.0. The third kappa shape index (κ3) is 5.35. The van der Waals surface area contributed by atoms with Gasteiger partial charge in [0.2, 0.25) is 11.8 Å². The second kappa shape index (κ2) is 8.10. The van der Waals surface area contributed by atoms with Gasteiger partial charge in [-0.3, -0.25) is 9.59 Å². The van der Waals surface area contributed by atoms with Crippen molar-refractivity contribution in [1.82, 2.24) is 5.32 Å². The molecule has 7 heteroatoms. The highest BCUT2D eigenvalue weighted by Crippen LogP contribution is 2.12. The van der Waals surface area contributed by atoms with E-state index in [4.69, 9.17) is 23.1 Å². The zero-order chi connectivity index (χ0) is 16.8. The fraction of sp³-hybridized carbons (Fsp3) is 0.250. The number of nitrogens with two attached hydrogens (primary N) is 2. The molecule has 1 heterocycles. The minimum Gasteiger partial charge on any atom is -0.368 e. The number of nitrogens with one attached hydrogen (secondary N) is 1. The molecule has 1 aromatic heterocycles. The number of hydrogen-bond acceptors (Lipinski definition) is 4. The van der Waals surface area contributed by atoms with E-state index in [9.17, 15) is 9.59 Å². The standard InChI is InChI=1S/C16H18ClN3O2S/c17-11-5-3-10(4-6-11)8-14(15(19)21)20-16(22)13(18)9-12-2-1-7-23-12/h1-7,13-14H,8-9,18H2,(H2,19,21)(H,20,22)/t13?,14-/m1/s1. The number of amides is 2. The maximum Gasteiger partial charge on any atom is 0.240 e. The van der Waals surface area contributed by atoms with Crippen LogP contribution < -0.4 is 16.8 Å². The van der Waals surface area contributed by atoms with Crippen molar-refractivity contribution in [2.75, 3.05) is 0 Å². The minimum absolute atomic E-state index is 0.296. The Morgan fingerprint density at radius 2 is 1.87 bits per heavy atom. The van der Waals surface area contributed by atoms with Gasteiger partial charge < -0.3 is 16.8 Å². The van der Waals surface area contributed by atoms with Crippen molar-refractivity contribution in [2.24, 2.45) is 11.5 Å². The van der Waals surface area contributed by atoms with Crippen LogP contribution in [0.1, 0.15) is 10.4 Å². The summed E-state index contributed by atoms with van der Waals surface area (Å²) in [6.07, 6.45) is 0.722. The van der Waals surface area contributed by atoms with Crippen molar-refractivity contribution in [3.8, 4) is 0 Å². The summed E-state index contributed by atoms with van der Waals surface area (Å²) < 4.78 is 0. The Kier molecular flexibility index (Phi) is 6.15. The number of thiophene rings is 1. The molecule has 0 aliphatic carbocycles. The first-order valence-electron chi connectivity index (χ1n) is 7.08. The van der Waals surface area contributed by atoms with Crippen LogP contribution in [0.2, 0.25) is 5.02 Å². The summed E-state index contributed by atoms with van der Waals surface area (Å²) in [6, 6.07) is 9.30. The molecule has 0 aliphatic rings. The van der Waals surface area contributed by atoms with E-state index in [2.05, 4.69) is 5.32 Å². The molecule has 122 valence electrons. The molecule has 0 saturated heterocycles. The van der Waals surface area contributed by atoms with Gasteiger partial charge in [0.05, 0.1) is 6.04 Å². The van der Waals surface area contributed by atoms with Gasteiger partial charge in [0.15, 0.2) is 0 Å². The molecule has 2 rings (SSSR count). The van der Waals surface area contributed by atoms with Crippen molar-refractivity contribution < 1.29 is 9.59 Å². The summed E-state index contributed by atoms with van der Waals surface area (Å²) in [7, 11) is 0. The average Bonchev–Trinajstić information content (AvgIpc) is 3.01. The minimum atomic E-state index is -0.807. The zero-order valence-corrected chi connectivity index (χ0v) is 13.9. The lowest BCUT2D eigenvalue weighted by Gasteiger charge is -2.18. The van der Waals surface area contributed by atoms with Gasteiger partial charge in [-0.15, -0.1) is 11.3 Å². The van der Waals surface area contributed by atoms with Crippen LogP contribution in [0.25, 0.3) is 0 Å². The molecule has 0 fully saturated rings. The first-order valence-corrected chi connectivity index (χ1v) is 8.33. The van der Waals surface area contributed by atoms with E-state index < -0.39 is 23.9 Å². The highest BCUT2D eigenvalue weighted by atomic mass is 35.5. The molecular weight excluding hydrogens is 334 g/mol. The van der Waals surface area contributed by atoms with E-state index in [1.807, 2.05) is 17.5 Å². The molecule has 2 amide bonds. The Morgan fingerprint density at radius 3 is 2.43 bits per heavy atom. The summed E-state index contributed by atoms with van der Waals surface area (Å²) in [5.41, 5.74) is 12.1. The topological polar surface area (TPSA) is 98.2 Å². The first-order chi connectivity index (χ1) is 11.0. The van der Waals surface area contributed by atoms with E-state index in [1.54, 1.807) is 24.3 Å². The number of carbonyl (C=O) groups excluding carboxylic acids is 2. The molecule has 23 heavy (non-hydrogen) atoms. The van der Waals surface area contributed by atoms with Crippen LogP contribution in [0.3, 0.4) is 0 Å². The van der Waals surface area contributed by atoms with Crippen molar-refractivity contribution >= 4 is 34.8 Å².